The number of likely N-dealkylation sites (tertiary alicyclic amines) is 1. The minimum atomic E-state index is 0.0759. The molecule has 1 saturated heterocycles. The first-order chi connectivity index (χ1) is 10.5. The first kappa shape index (κ1) is 15.7. The molecule has 0 unspecified atom stereocenters. The summed E-state index contributed by atoms with van der Waals surface area (Å²) < 4.78 is 0. The van der Waals surface area contributed by atoms with Gasteiger partial charge in [-0.1, -0.05) is 23.2 Å². The number of hydrogen-bond acceptors (Lipinski definition) is 4. The second kappa shape index (κ2) is 6.54. The summed E-state index contributed by atoms with van der Waals surface area (Å²) in [5, 5.41) is 3.84. The van der Waals surface area contributed by atoms with Crippen molar-refractivity contribution in [2.24, 2.45) is 5.73 Å². The molecule has 0 aliphatic carbocycles. The minimum Gasteiger partial charge on any atom is -0.341 e. The molecule has 22 heavy (non-hydrogen) atoms. The maximum Gasteiger partial charge on any atom is 0.228 e. The Hall–Kier alpha value is -1.14. The highest BCUT2D eigenvalue weighted by molar-refractivity contribution is 7.13. The van der Waals surface area contributed by atoms with Crippen molar-refractivity contribution >= 4 is 40.4 Å². The van der Waals surface area contributed by atoms with Crippen LogP contribution in [0.5, 0.6) is 0 Å². The van der Waals surface area contributed by atoms with Gasteiger partial charge in [-0.3, -0.25) is 4.79 Å². The van der Waals surface area contributed by atoms with Crippen LogP contribution in [0.2, 0.25) is 10.0 Å². The maximum absolute atomic E-state index is 12.2. The number of amides is 1. The van der Waals surface area contributed by atoms with Crippen LogP contribution in [0.25, 0.3) is 10.6 Å². The third-order valence-corrected chi connectivity index (χ3v) is 5.10. The molecular weight excluding hydrogens is 341 g/mol. The van der Waals surface area contributed by atoms with Gasteiger partial charge < -0.3 is 10.6 Å². The summed E-state index contributed by atoms with van der Waals surface area (Å²) in [5.74, 6) is 0.0759. The van der Waals surface area contributed by atoms with E-state index in [9.17, 15) is 4.79 Å². The Bertz CT molecular complexity index is 704. The number of thiazole rings is 1. The number of nitrogens with zero attached hydrogens (tertiary/aromatic N) is 2. The molecule has 0 bridgehead atoms. The standard InChI is InChI=1S/C15H15Cl2N3OS/c16-9-1-2-12(13(17)5-9)15-19-11(8-22-15)6-14(21)20-4-3-10(18)7-20/h1-2,5,8,10H,3-4,6-7,18H2/t10-/m0/s1. The van der Waals surface area contributed by atoms with Gasteiger partial charge in [0.1, 0.15) is 5.01 Å². The van der Waals surface area contributed by atoms with E-state index in [0.717, 1.165) is 29.2 Å². The summed E-state index contributed by atoms with van der Waals surface area (Å²) in [5.41, 5.74) is 7.42. The molecule has 7 heteroatoms. The molecule has 2 N–H and O–H groups in total. The van der Waals surface area contributed by atoms with Crippen molar-refractivity contribution in [1.82, 2.24) is 9.88 Å². The summed E-state index contributed by atoms with van der Waals surface area (Å²) in [7, 11) is 0. The van der Waals surface area contributed by atoms with Gasteiger partial charge in [-0.15, -0.1) is 11.3 Å². The van der Waals surface area contributed by atoms with Gasteiger partial charge in [0.25, 0.3) is 0 Å². The first-order valence-corrected chi connectivity index (χ1v) is 8.59. The molecule has 2 heterocycles. The van der Waals surface area contributed by atoms with Gasteiger partial charge >= 0.3 is 0 Å². The number of carbonyl (C=O) groups is 1. The minimum absolute atomic E-state index is 0.0759. The maximum atomic E-state index is 12.2. The molecule has 1 fully saturated rings. The predicted octanol–water partition coefficient (Wildman–Crippen LogP) is 3.22. The Balaban J connectivity index is 1.72. The van der Waals surface area contributed by atoms with Crippen LogP contribution in [0, 0.1) is 0 Å². The van der Waals surface area contributed by atoms with E-state index in [1.54, 1.807) is 17.0 Å². The highest BCUT2D eigenvalue weighted by Crippen LogP contribution is 2.32. The largest absolute Gasteiger partial charge is 0.341 e. The lowest BCUT2D eigenvalue weighted by Gasteiger charge is -2.14. The number of nitrogens with two attached hydrogens (primary N) is 1. The van der Waals surface area contributed by atoms with Gasteiger partial charge in [0.15, 0.2) is 0 Å². The molecule has 4 nitrogen and oxygen atoms in total. The summed E-state index contributed by atoms with van der Waals surface area (Å²) >= 11 is 13.6. The average Bonchev–Trinajstić information content (AvgIpc) is 3.08. The van der Waals surface area contributed by atoms with Crippen molar-refractivity contribution in [2.45, 2.75) is 18.9 Å². The summed E-state index contributed by atoms with van der Waals surface area (Å²) in [6.07, 6.45) is 1.17. The lowest BCUT2D eigenvalue weighted by Crippen LogP contribution is -2.32. The highest BCUT2D eigenvalue weighted by Gasteiger charge is 2.24. The van der Waals surface area contributed by atoms with Crippen molar-refractivity contribution in [3.63, 3.8) is 0 Å². The van der Waals surface area contributed by atoms with E-state index in [2.05, 4.69) is 4.98 Å². The number of hydrogen-bond donors (Lipinski definition) is 1. The number of halogens is 2. The van der Waals surface area contributed by atoms with Crippen molar-refractivity contribution in [1.29, 1.82) is 0 Å². The lowest BCUT2D eigenvalue weighted by molar-refractivity contribution is -0.129. The molecule has 116 valence electrons. The molecule has 1 amide bonds. The molecule has 3 rings (SSSR count). The second-order valence-corrected chi connectivity index (χ2v) is 7.04. The zero-order chi connectivity index (χ0) is 15.7. The van der Waals surface area contributed by atoms with Crippen LogP contribution >= 0.6 is 34.5 Å². The molecule has 0 radical (unpaired) electrons. The Labute approximate surface area is 142 Å². The van der Waals surface area contributed by atoms with Gasteiger partial charge in [-0.25, -0.2) is 4.98 Å². The van der Waals surface area contributed by atoms with E-state index in [1.165, 1.54) is 11.3 Å². The molecule has 0 saturated carbocycles. The SMILES string of the molecule is N[C@H]1CCN(C(=O)Cc2csc(-c3ccc(Cl)cc3Cl)n2)C1. The summed E-state index contributed by atoms with van der Waals surface area (Å²) in [6, 6.07) is 5.41. The van der Waals surface area contributed by atoms with E-state index in [4.69, 9.17) is 28.9 Å². The van der Waals surface area contributed by atoms with E-state index in [-0.39, 0.29) is 11.9 Å². The third-order valence-electron chi connectivity index (χ3n) is 3.62. The first-order valence-electron chi connectivity index (χ1n) is 6.96. The molecule has 1 aliphatic rings. The fraction of sp³-hybridized carbons (Fsp3) is 0.333. The van der Waals surface area contributed by atoms with E-state index in [1.807, 2.05) is 11.4 Å². The Morgan fingerprint density at radius 3 is 2.95 bits per heavy atom. The van der Waals surface area contributed by atoms with Crippen molar-refractivity contribution in [2.75, 3.05) is 13.1 Å². The highest BCUT2D eigenvalue weighted by atomic mass is 35.5. The predicted molar refractivity (Wildman–Crippen MR) is 90.4 cm³/mol. The normalized spacial score (nSPS) is 18.0. The van der Waals surface area contributed by atoms with Gasteiger partial charge in [0, 0.05) is 35.1 Å². The van der Waals surface area contributed by atoms with E-state index >= 15 is 0 Å². The molecule has 1 aliphatic heterocycles. The Morgan fingerprint density at radius 1 is 1.45 bits per heavy atom. The third kappa shape index (κ3) is 3.43. The molecule has 1 aromatic heterocycles. The van der Waals surface area contributed by atoms with Crippen LogP contribution in [0.1, 0.15) is 12.1 Å². The number of carbonyl (C=O) groups excluding carboxylic acids is 1. The summed E-state index contributed by atoms with van der Waals surface area (Å²) in [6.45, 7) is 1.37. The lowest BCUT2D eigenvalue weighted by atomic mass is 10.2. The quantitative estimate of drug-likeness (QED) is 0.919. The Kier molecular flexibility index (Phi) is 4.68. The van der Waals surface area contributed by atoms with Gasteiger partial charge in [0.05, 0.1) is 17.1 Å². The molecule has 2 aromatic rings. The van der Waals surface area contributed by atoms with Crippen LogP contribution in [-0.4, -0.2) is 34.9 Å². The van der Waals surface area contributed by atoms with Crippen molar-refractivity contribution in [3.8, 4) is 10.6 Å². The number of benzene rings is 1. The van der Waals surface area contributed by atoms with E-state index in [0.29, 0.717) is 23.0 Å². The molecule has 1 aromatic carbocycles. The van der Waals surface area contributed by atoms with Crippen LogP contribution < -0.4 is 5.73 Å². The smallest absolute Gasteiger partial charge is 0.228 e. The average molecular weight is 356 g/mol. The molecule has 1 atom stereocenters. The topological polar surface area (TPSA) is 59.2 Å². The molecular formula is C15H15Cl2N3OS. The van der Waals surface area contributed by atoms with Crippen LogP contribution in [0.4, 0.5) is 0 Å². The van der Waals surface area contributed by atoms with Crippen molar-refractivity contribution in [3.05, 3.63) is 39.3 Å². The van der Waals surface area contributed by atoms with Crippen LogP contribution in [0.15, 0.2) is 23.6 Å². The fourth-order valence-electron chi connectivity index (χ4n) is 2.46. The monoisotopic (exact) mass is 355 g/mol. The fourth-order valence-corrected chi connectivity index (χ4v) is 3.87. The van der Waals surface area contributed by atoms with E-state index < -0.39 is 0 Å². The van der Waals surface area contributed by atoms with Gasteiger partial charge in [0.2, 0.25) is 5.91 Å². The molecule has 0 spiro atoms. The number of rotatable bonds is 3. The van der Waals surface area contributed by atoms with Crippen LogP contribution in [0.3, 0.4) is 0 Å². The second-order valence-electron chi connectivity index (χ2n) is 5.33. The number of aromatic nitrogens is 1. The Morgan fingerprint density at radius 2 is 2.27 bits per heavy atom. The zero-order valence-electron chi connectivity index (χ0n) is 11.8. The summed E-state index contributed by atoms with van der Waals surface area (Å²) in [4.78, 5) is 18.5. The van der Waals surface area contributed by atoms with Crippen LogP contribution in [-0.2, 0) is 11.2 Å². The van der Waals surface area contributed by atoms with Gasteiger partial charge in [-0.2, -0.15) is 0 Å². The van der Waals surface area contributed by atoms with Crippen molar-refractivity contribution < 1.29 is 4.79 Å². The van der Waals surface area contributed by atoms with Gasteiger partial charge in [-0.05, 0) is 24.6 Å². The zero-order valence-corrected chi connectivity index (χ0v) is 14.1.